The average Bonchev–Trinajstić information content (AvgIpc) is 2.64. The molecule has 2 aromatic rings. The molecule has 7 heteroatoms. The fourth-order valence-corrected chi connectivity index (χ4v) is 2.63. The molecule has 2 aromatic carbocycles. The maximum absolute atomic E-state index is 12.3. The Labute approximate surface area is 150 Å². The summed E-state index contributed by atoms with van der Waals surface area (Å²) in [6.45, 7) is 0. The van der Waals surface area contributed by atoms with Crippen molar-refractivity contribution < 1.29 is 19.6 Å². The number of rotatable bonds is 9. The van der Waals surface area contributed by atoms with Gasteiger partial charge in [0, 0.05) is 25.0 Å². The van der Waals surface area contributed by atoms with Crippen LogP contribution in [-0.4, -0.2) is 21.9 Å². The number of nitro benzene ring substituents is 1. The van der Waals surface area contributed by atoms with E-state index in [1.807, 2.05) is 30.3 Å². The third kappa shape index (κ3) is 6.01. The summed E-state index contributed by atoms with van der Waals surface area (Å²) < 4.78 is 0. The van der Waals surface area contributed by atoms with Crippen LogP contribution in [0.1, 0.15) is 36.4 Å². The lowest BCUT2D eigenvalue weighted by Crippen LogP contribution is -2.29. The fourth-order valence-electron chi connectivity index (χ4n) is 2.63. The minimum absolute atomic E-state index is 0.00784. The average molecular weight is 356 g/mol. The summed E-state index contributed by atoms with van der Waals surface area (Å²) >= 11 is 0. The predicted molar refractivity (Wildman–Crippen MR) is 95.6 cm³/mol. The van der Waals surface area contributed by atoms with E-state index in [1.165, 1.54) is 12.1 Å². The number of carboxylic acids is 1. The highest BCUT2D eigenvalue weighted by atomic mass is 16.6. The summed E-state index contributed by atoms with van der Waals surface area (Å²) in [5.74, 6) is -1.15. The normalized spacial score (nSPS) is 11.5. The largest absolute Gasteiger partial charge is 0.481 e. The van der Waals surface area contributed by atoms with Gasteiger partial charge in [-0.2, -0.15) is 0 Å². The summed E-state index contributed by atoms with van der Waals surface area (Å²) in [5, 5.41) is 22.6. The molecule has 0 aliphatic rings. The number of amides is 1. The fraction of sp³-hybridized carbons (Fsp3) is 0.263. The Hall–Kier alpha value is -3.22. The molecule has 0 saturated carbocycles. The number of benzene rings is 2. The summed E-state index contributed by atoms with van der Waals surface area (Å²) in [5.41, 5.74) is 1.54. The Morgan fingerprint density at radius 1 is 1.08 bits per heavy atom. The van der Waals surface area contributed by atoms with Crippen LogP contribution in [0.4, 0.5) is 5.69 Å². The highest BCUT2D eigenvalue weighted by Crippen LogP contribution is 2.19. The van der Waals surface area contributed by atoms with Crippen molar-refractivity contribution in [3.8, 4) is 0 Å². The molecule has 0 spiro atoms. The second-order valence-electron chi connectivity index (χ2n) is 5.89. The summed E-state index contributed by atoms with van der Waals surface area (Å²) in [7, 11) is 0. The molecular weight excluding hydrogens is 336 g/mol. The number of carboxylic acid groups (broad SMARTS) is 1. The van der Waals surface area contributed by atoms with Gasteiger partial charge >= 0.3 is 5.97 Å². The molecule has 0 radical (unpaired) electrons. The maximum atomic E-state index is 12.3. The Bertz CT molecular complexity index is 777. The van der Waals surface area contributed by atoms with E-state index in [4.69, 9.17) is 5.11 Å². The van der Waals surface area contributed by atoms with Crippen molar-refractivity contribution in [3.05, 3.63) is 75.8 Å². The smallest absolute Gasteiger partial charge is 0.303 e. The van der Waals surface area contributed by atoms with Gasteiger partial charge in [-0.1, -0.05) is 42.5 Å². The van der Waals surface area contributed by atoms with Crippen LogP contribution in [0.3, 0.4) is 0 Å². The van der Waals surface area contributed by atoms with Crippen LogP contribution >= 0.6 is 0 Å². The van der Waals surface area contributed by atoms with Gasteiger partial charge in [0.05, 0.1) is 11.0 Å². The van der Waals surface area contributed by atoms with Gasteiger partial charge in [-0.15, -0.1) is 0 Å². The molecule has 7 nitrogen and oxygen atoms in total. The molecule has 1 unspecified atom stereocenters. The predicted octanol–water partition coefficient (Wildman–Crippen LogP) is 3.25. The lowest BCUT2D eigenvalue weighted by molar-refractivity contribution is -0.384. The van der Waals surface area contributed by atoms with Crippen molar-refractivity contribution in [2.45, 2.75) is 31.7 Å². The molecule has 1 amide bonds. The second kappa shape index (κ2) is 9.31. The number of carbonyl (C=O) groups is 2. The molecule has 0 aromatic heterocycles. The Morgan fingerprint density at radius 3 is 2.46 bits per heavy atom. The van der Waals surface area contributed by atoms with E-state index >= 15 is 0 Å². The van der Waals surface area contributed by atoms with Crippen molar-refractivity contribution in [3.63, 3.8) is 0 Å². The number of carbonyl (C=O) groups excluding carboxylic acids is 1. The highest BCUT2D eigenvalue weighted by molar-refractivity contribution is 5.77. The van der Waals surface area contributed by atoms with Gasteiger partial charge < -0.3 is 10.4 Å². The molecule has 1 atom stereocenters. The number of hydrogen-bond donors (Lipinski definition) is 2. The Morgan fingerprint density at radius 2 is 1.81 bits per heavy atom. The lowest BCUT2D eigenvalue weighted by Gasteiger charge is -2.18. The van der Waals surface area contributed by atoms with E-state index < -0.39 is 10.9 Å². The van der Waals surface area contributed by atoms with Gasteiger partial charge in [-0.25, -0.2) is 0 Å². The van der Waals surface area contributed by atoms with Crippen LogP contribution < -0.4 is 5.32 Å². The first kappa shape index (κ1) is 19.1. The standard InChI is InChI=1S/C19H20N2O5/c22-18(11-9-14-5-4-8-16(13-14)21(25)26)20-17(10-12-19(23)24)15-6-2-1-3-7-15/h1-8,13,17H,9-12H2,(H,20,22)(H,23,24). The zero-order valence-corrected chi connectivity index (χ0v) is 14.1. The minimum atomic E-state index is -0.920. The molecule has 0 aliphatic heterocycles. The van der Waals surface area contributed by atoms with Crippen molar-refractivity contribution in [2.75, 3.05) is 0 Å². The quantitative estimate of drug-likeness (QED) is 0.529. The van der Waals surface area contributed by atoms with Crippen molar-refractivity contribution in [2.24, 2.45) is 0 Å². The Balaban J connectivity index is 1.97. The van der Waals surface area contributed by atoms with E-state index in [1.54, 1.807) is 12.1 Å². The van der Waals surface area contributed by atoms with Gasteiger partial charge in [0.1, 0.15) is 0 Å². The number of nitrogens with one attached hydrogen (secondary N) is 1. The SMILES string of the molecule is O=C(O)CCC(NC(=O)CCc1cccc([N+](=O)[O-])c1)c1ccccc1. The minimum Gasteiger partial charge on any atom is -0.481 e. The van der Waals surface area contributed by atoms with E-state index in [0.29, 0.717) is 18.4 Å². The maximum Gasteiger partial charge on any atom is 0.303 e. The van der Waals surface area contributed by atoms with Crippen LogP contribution in [0.5, 0.6) is 0 Å². The topological polar surface area (TPSA) is 110 Å². The van der Waals surface area contributed by atoms with Crippen LogP contribution in [0.2, 0.25) is 0 Å². The number of hydrogen-bond acceptors (Lipinski definition) is 4. The molecule has 0 bridgehead atoms. The zero-order chi connectivity index (χ0) is 18.9. The molecular formula is C19H20N2O5. The first-order valence-corrected chi connectivity index (χ1v) is 8.25. The van der Waals surface area contributed by atoms with E-state index in [-0.39, 0.29) is 30.5 Å². The number of nitro groups is 1. The third-order valence-electron chi connectivity index (χ3n) is 3.95. The second-order valence-corrected chi connectivity index (χ2v) is 5.89. The number of non-ortho nitro benzene ring substituents is 1. The first-order valence-electron chi connectivity index (χ1n) is 8.25. The van der Waals surface area contributed by atoms with Crippen molar-refractivity contribution >= 4 is 17.6 Å². The summed E-state index contributed by atoms with van der Waals surface area (Å²) in [6.07, 6.45) is 0.776. The van der Waals surface area contributed by atoms with Gasteiger partial charge in [0.2, 0.25) is 5.91 Å². The van der Waals surface area contributed by atoms with Gasteiger partial charge in [0.15, 0.2) is 0 Å². The molecule has 26 heavy (non-hydrogen) atoms. The molecule has 136 valence electrons. The zero-order valence-electron chi connectivity index (χ0n) is 14.1. The number of aryl methyl sites for hydroxylation is 1. The molecule has 0 aliphatic carbocycles. The number of nitrogens with zero attached hydrogens (tertiary/aromatic N) is 1. The summed E-state index contributed by atoms with van der Waals surface area (Å²) in [4.78, 5) is 33.4. The van der Waals surface area contributed by atoms with Crippen LogP contribution in [0, 0.1) is 10.1 Å². The van der Waals surface area contributed by atoms with Gasteiger partial charge in [-0.05, 0) is 24.0 Å². The van der Waals surface area contributed by atoms with E-state index in [2.05, 4.69) is 5.32 Å². The molecule has 0 heterocycles. The van der Waals surface area contributed by atoms with Crippen molar-refractivity contribution in [1.29, 1.82) is 0 Å². The molecule has 2 rings (SSSR count). The lowest BCUT2D eigenvalue weighted by atomic mass is 10.0. The molecule has 2 N–H and O–H groups in total. The van der Waals surface area contributed by atoms with Crippen LogP contribution in [0.25, 0.3) is 0 Å². The van der Waals surface area contributed by atoms with Gasteiger partial charge in [-0.3, -0.25) is 19.7 Å². The van der Waals surface area contributed by atoms with Crippen LogP contribution in [0.15, 0.2) is 54.6 Å². The van der Waals surface area contributed by atoms with E-state index in [0.717, 1.165) is 5.56 Å². The van der Waals surface area contributed by atoms with E-state index in [9.17, 15) is 19.7 Å². The first-order chi connectivity index (χ1) is 12.5. The molecule has 0 saturated heterocycles. The van der Waals surface area contributed by atoms with Crippen molar-refractivity contribution in [1.82, 2.24) is 5.32 Å². The summed E-state index contributed by atoms with van der Waals surface area (Å²) in [6, 6.07) is 15.0. The highest BCUT2D eigenvalue weighted by Gasteiger charge is 2.16. The van der Waals surface area contributed by atoms with Crippen LogP contribution in [-0.2, 0) is 16.0 Å². The Kier molecular flexibility index (Phi) is 6.84. The third-order valence-corrected chi connectivity index (χ3v) is 3.95. The monoisotopic (exact) mass is 356 g/mol. The van der Waals surface area contributed by atoms with Gasteiger partial charge in [0.25, 0.3) is 5.69 Å². The molecule has 0 fully saturated rings. The number of aliphatic carboxylic acids is 1.